The molecule has 1 atom stereocenters. The van der Waals surface area contributed by atoms with Crippen molar-refractivity contribution in [1.82, 2.24) is 0 Å². The molecular weight excluding hydrogens is 369 g/mol. The number of nitrogens with zero attached hydrogens (tertiary/aromatic N) is 1. The van der Waals surface area contributed by atoms with Crippen molar-refractivity contribution in [2.45, 2.75) is 31.6 Å². The number of halogens is 2. The van der Waals surface area contributed by atoms with Gasteiger partial charge in [-0.2, -0.15) is 0 Å². The molecule has 4 rings (SSSR count). The van der Waals surface area contributed by atoms with Crippen LogP contribution in [0.15, 0.2) is 59.8 Å². The molecule has 3 nitrogen and oxygen atoms in total. The van der Waals surface area contributed by atoms with E-state index >= 15 is 0 Å². The maximum Gasteiger partial charge on any atom is 0.232 e. The Balaban J connectivity index is 1.90. The second-order valence-corrected chi connectivity index (χ2v) is 7.39. The first kappa shape index (κ1) is 17.3. The standard InChI is InChI=1S/C21H17Cl2NO2/c22-15-8-4-10-17(21(15)23)24-16-9-5-11-18(25)20(16)14(12-19(24)26)13-6-2-1-3-7-13/h1-4,6-8,10,14H,5,9,11-12H2. The van der Waals surface area contributed by atoms with Gasteiger partial charge in [-0.05, 0) is 30.5 Å². The number of carbonyl (C=O) groups is 2. The van der Waals surface area contributed by atoms with E-state index in [-0.39, 0.29) is 24.0 Å². The molecule has 0 saturated carbocycles. The van der Waals surface area contributed by atoms with E-state index in [2.05, 4.69) is 0 Å². The van der Waals surface area contributed by atoms with Crippen molar-refractivity contribution in [1.29, 1.82) is 0 Å². The van der Waals surface area contributed by atoms with Gasteiger partial charge in [0.2, 0.25) is 5.91 Å². The Morgan fingerprint density at radius 3 is 2.46 bits per heavy atom. The van der Waals surface area contributed by atoms with Gasteiger partial charge < -0.3 is 0 Å². The lowest BCUT2D eigenvalue weighted by Gasteiger charge is -2.38. The van der Waals surface area contributed by atoms with Crippen LogP contribution in [0.2, 0.25) is 10.0 Å². The number of hydrogen-bond donors (Lipinski definition) is 0. The molecule has 2 aliphatic rings. The van der Waals surface area contributed by atoms with Crippen LogP contribution in [0.3, 0.4) is 0 Å². The second kappa shape index (κ2) is 6.90. The molecule has 0 aromatic heterocycles. The van der Waals surface area contributed by atoms with E-state index in [9.17, 15) is 9.59 Å². The zero-order valence-corrected chi connectivity index (χ0v) is 15.6. The molecule has 5 heteroatoms. The van der Waals surface area contributed by atoms with Crippen LogP contribution in [0.1, 0.15) is 37.2 Å². The fraction of sp³-hybridized carbons (Fsp3) is 0.238. The van der Waals surface area contributed by atoms with Gasteiger partial charge in [0.05, 0.1) is 15.7 Å². The molecule has 2 aromatic rings. The number of carbonyl (C=O) groups excluding carboxylic acids is 2. The summed E-state index contributed by atoms with van der Waals surface area (Å²) in [6.45, 7) is 0. The van der Waals surface area contributed by atoms with Crippen molar-refractivity contribution in [3.63, 3.8) is 0 Å². The molecule has 26 heavy (non-hydrogen) atoms. The fourth-order valence-corrected chi connectivity index (χ4v) is 4.29. The van der Waals surface area contributed by atoms with Gasteiger partial charge in [-0.3, -0.25) is 14.5 Å². The SMILES string of the molecule is O=C1CCCC2=C1C(c1ccccc1)CC(=O)N2c1cccc(Cl)c1Cl. The van der Waals surface area contributed by atoms with E-state index < -0.39 is 0 Å². The lowest BCUT2D eigenvalue weighted by Crippen LogP contribution is -2.40. The van der Waals surface area contributed by atoms with E-state index in [4.69, 9.17) is 23.2 Å². The molecule has 0 N–H and O–H groups in total. The third-order valence-electron chi connectivity index (χ3n) is 5.05. The lowest BCUT2D eigenvalue weighted by atomic mass is 9.77. The molecule has 0 fully saturated rings. The Bertz CT molecular complexity index is 921. The summed E-state index contributed by atoms with van der Waals surface area (Å²) >= 11 is 12.5. The molecule has 0 bridgehead atoms. The third kappa shape index (κ3) is 2.85. The molecule has 132 valence electrons. The Morgan fingerprint density at radius 1 is 0.923 bits per heavy atom. The minimum absolute atomic E-state index is 0.0588. The highest BCUT2D eigenvalue weighted by atomic mass is 35.5. The Kier molecular flexibility index (Phi) is 4.60. The molecule has 0 saturated heterocycles. The second-order valence-electron chi connectivity index (χ2n) is 6.61. The Hall–Kier alpha value is -2.10. The van der Waals surface area contributed by atoms with Crippen LogP contribution >= 0.6 is 23.2 Å². The summed E-state index contributed by atoms with van der Waals surface area (Å²) in [7, 11) is 0. The normalized spacial score (nSPS) is 20.4. The molecular formula is C21H17Cl2NO2. The van der Waals surface area contributed by atoms with Crippen LogP contribution in [0.4, 0.5) is 5.69 Å². The molecule has 1 unspecified atom stereocenters. The van der Waals surface area contributed by atoms with E-state index in [0.717, 1.165) is 23.3 Å². The Morgan fingerprint density at radius 2 is 1.69 bits per heavy atom. The summed E-state index contributed by atoms with van der Waals surface area (Å²) in [5.41, 5.74) is 3.08. The molecule has 1 aliphatic heterocycles. The minimum atomic E-state index is -0.194. The van der Waals surface area contributed by atoms with E-state index in [1.807, 2.05) is 30.3 Å². The van der Waals surface area contributed by atoms with Gasteiger partial charge in [-0.15, -0.1) is 0 Å². The maximum absolute atomic E-state index is 13.1. The van der Waals surface area contributed by atoms with Crippen LogP contribution < -0.4 is 4.90 Å². The lowest BCUT2D eigenvalue weighted by molar-refractivity contribution is -0.119. The summed E-state index contributed by atoms with van der Waals surface area (Å²) in [5.74, 6) is -0.132. The summed E-state index contributed by atoms with van der Waals surface area (Å²) in [6.07, 6.45) is 2.19. The van der Waals surface area contributed by atoms with Crippen LogP contribution in [-0.4, -0.2) is 11.7 Å². The number of allylic oxidation sites excluding steroid dienone is 2. The molecule has 0 spiro atoms. The topological polar surface area (TPSA) is 37.4 Å². The van der Waals surface area contributed by atoms with E-state index in [1.54, 1.807) is 23.1 Å². The van der Waals surface area contributed by atoms with Crippen molar-refractivity contribution >= 4 is 40.6 Å². The smallest absolute Gasteiger partial charge is 0.232 e. The first-order chi connectivity index (χ1) is 12.6. The number of benzene rings is 2. The van der Waals surface area contributed by atoms with Gasteiger partial charge in [0.15, 0.2) is 5.78 Å². The third-order valence-corrected chi connectivity index (χ3v) is 5.86. The number of amides is 1. The number of rotatable bonds is 2. The van der Waals surface area contributed by atoms with Crippen molar-refractivity contribution in [3.8, 4) is 0 Å². The zero-order chi connectivity index (χ0) is 18.3. The largest absolute Gasteiger partial charge is 0.294 e. The number of anilines is 1. The predicted octanol–water partition coefficient (Wildman–Crippen LogP) is 5.52. The average Bonchev–Trinajstić information content (AvgIpc) is 2.65. The van der Waals surface area contributed by atoms with Crippen molar-refractivity contribution in [2.75, 3.05) is 4.90 Å². The molecule has 1 heterocycles. The van der Waals surface area contributed by atoms with Gasteiger partial charge in [0.25, 0.3) is 0 Å². The summed E-state index contributed by atoms with van der Waals surface area (Å²) in [6, 6.07) is 15.0. The maximum atomic E-state index is 13.1. The van der Waals surface area contributed by atoms with Gasteiger partial charge in [0, 0.05) is 30.0 Å². The van der Waals surface area contributed by atoms with Crippen molar-refractivity contribution in [3.05, 3.63) is 75.4 Å². The first-order valence-electron chi connectivity index (χ1n) is 8.66. The van der Waals surface area contributed by atoms with Crippen LogP contribution in [0.25, 0.3) is 0 Å². The number of ketones is 1. The summed E-state index contributed by atoms with van der Waals surface area (Å²) in [5, 5.41) is 0.733. The van der Waals surface area contributed by atoms with E-state index in [0.29, 0.717) is 28.6 Å². The van der Waals surface area contributed by atoms with Gasteiger partial charge in [0.1, 0.15) is 0 Å². The van der Waals surface area contributed by atoms with Crippen LogP contribution in [0, 0.1) is 0 Å². The highest BCUT2D eigenvalue weighted by Crippen LogP contribution is 2.45. The fourth-order valence-electron chi connectivity index (χ4n) is 3.91. The van der Waals surface area contributed by atoms with Crippen molar-refractivity contribution in [2.24, 2.45) is 0 Å². The monoisotopic (exact) mass is 385 g/mol. The highest BCUT2D eigenvalue weighted by molar-refractivity contribution is 6.44. The van der Waals surface area contributed by atoms with Gasteiger partial charge in [-0.25, -0.2) is 0 Å². The molecule has 2 aromatic carbocycles. The summed E-state index contributed by atoms with van der Waals surface area (Å²) in [4.78, 5) is 27.5. The van der Waals surface area contributed by atoms with Gasteiger partial charge in [-0.1, -0.05) is 59.6 Å². The minimum Gasteiger partial charge on any atom is -0.294 e. The average molecular weight is 386 g/mol. The number of Topliss-reactive ketones (excluding diaryl/α,β-unsaturated/α-hetero) is 1. The van der Waals surface area contributed by atoms with E-state index in [1.165, 1.54) is 0 Å². The molecule has 1 aliphatic carbocycles. The zero-order valence-electron chi connectivity index (χ0n) is 14.0. The molecule has 1 amide bonds. The van der Waals surface area contributed by atoms with Crippen LogP contribution in [-0.2, 0) is 9.59 Å². The van der Waals surface area contributed by atoms with Crippen molar-refractivity contribution < 1.29 is 9.59 Å². The predicted molar refractivity (Wildman–Crippen MR) is 104 cm³/mol. The highest BCUT2D eigenvalue weighted by Gasteiger charge is 2.40. The summed E-state index contributed by atoms with van der Waals surface area (Å²) < 4.78 is 0. The van der Waals surface area contributed by atoms with Gasteiger partial charge >= 0.3 is 0 Å². The Labute approximate surface area is 162 Å². The first-order valence-corrected chi connectivity index (χ1v) is 9.41. The van der Waals surface area contributed by atoms with Crippen LogP contribution in [0.5, 0.6) is 0 Å². The quantitative estimate of drug-likeness (QED) is 0.682. The number of hydrogen-bond acceptors (Lipinski definition) is 2. The molecule has 0 radical (unpaired) electrons.